The van der Waals surface area contributed by atoms with Gasteiger partial charge >= 0.3 is 0 Å². The first kappa shape index (κ1) is 26.6. The lowest BCUT2D eigenvalue weighted by Gasteiger charge is -2.29. The molecule has 0 amide bonds. The fraction of sp³-hybridized carbons (Fsp3) is 0.607. The molecule has 1 unspecified atom stereocenters. The van der Waals surface area contributed by atoms with Gasteiger partial charge in [-0.1, -0.05) is 25.1 Å². The molecule has 5 rings (SSSR count). The van der Waals surface area contributed by atoms with Gasteiger partial charge < -0.3 is 20.7 Å². The molecule has 3 heterocycles. The second kappa shape index (κ2) is 15.1. The molecule has 3 N–H and O–H groups in total. The van der Waals surface area contributed by atoms with Gasteiger partial charge in [-0.05, 0) is 81.4 Å². The minimum absolute atomic E-state index is 0.625. The number of aromatic nitrogens is 1. The smallest absolute Gasteiger partial charge is 0.0594 e. The fourth-order valence-corrected chi connectivity index (χ4v) is 4.77. The molecule has 0 saturated carbocycles. The fourth-order valence-electron chi connectivity index (χ4n) is 4.77. The van der Waals surface area contributed by atoms with Crippen LogP contribution in [0.3, 0.4) is 0 Å². The van der Waals surface area contributed by atoms with Gasteiger partial charge in [-0.25, -0.2) is 0 Å². The largest absolute Gasteiger partial charge is 0.384 e. The number of nitrogens with one attached hydrogen (secondary N) is 3. The first-order valence-corrected chi connectivity index (χ1v) is 13.1. The van der Waals surface area contributed by atoms with Crippen LogP contribution < -0.4 is 16.0 Å². The normalized spacial score (nSPS) is 19.4. The Kier molecular flexibility index (Phi) is 11.8. The summed E-state index contributed by atoms with van der Waals surface area (Å²) in [6, 6.07) is 11.5. The number of ether oxygens (including phenoxy) is 1. The number of morpholine rings is 1. The Morgan fingerprint density at radius 1 is 1.06 bits per heavy atom. The van der Waals surface area contributed by atoms with Crippen molar-refractivity contribution in [1.29, 1.82) is 0 Å². The van der Waals surface area contributed by atoms with Crippen LogP contribution in [-0.2, 0) is 30.5 Å². The van der Waals surface area contributed by atoms with E-state index in [4.69, 9.17) is 4.74 Å². The Bertz CT molecular complexity index is 812. The van der Waals surface area contributed by atoms with E-state index in [0.717, 1.165) is 52.4 Å². The first-order chi connectivity index (χ1) is 16.7. The molecular weight excluding hydrogens is 422 g/mol. The summed E-state index contributed by atoms with van der Waals surface area (Å²) in [4.78, 5) is 6.79. The van der Waals surface area contributed by atoms with E-state index in [2.05, 4.69) is 57.0 Å². The summed E-state index contributed by atoms with van der Waals surface area (Å²) in [6.45, 7) is 9.27. The molecule has 2 aromatic rings. The van der Waals surface area contributed by atoms with Gasteiger partial charge in [0, 0.05) is 56.3 Å². The molecule has 1 fully saturated rings. The minimum Gasteiger partial charge on any atom is -0.384 e. The van der Waals surface area contributed by atoms with Gasteiger partial charge in [-0.3, -0.25) is 9.88 Å². The number of benzene rings is 1. The van der Waals surface area contributed by atoms with E-state index in [-0.39, 0.29) is 0 Å². The van der Waals surface area contributed by atoms with E-state index in [1.165, 1.54) is 60.2 Å². The molecule has 1 aromatic carbocycles. The SMILES string of the molecule is CCC1Cc2c(cccc2NCCN2CCOCC2)CN1.CNC.c1cnc2c(c1)CCCC2. The number of anilines is 1. The summed E-state index contributed by atoms with van der Waals surface area (Å²) in [5.41, 5.74) is 7.10. The van der Waals surface area contributed by atoms with Crippen LogP contribution in [0.25, 0.3) is 0 Å². The van der Waals surface area contributed by atoms with Crippen LogP contribution in [0.15, 0.2) is 36.5 Å². The third-order valence-corrected chi connectivity index (χ3v) is 6.74. The quantitative estimate of drug-likeness (QED) is 0.624. The Balaban J connectivity index is 0.000000206. The molecule has 2 aliphatic heterocycles. The maximum atomic E-state index is 5.39. The average Bonchev–Trinajstić information content (AvgIpc) is 2.90. The first-order valence-electron chi connectivity index (χ1n) is 13.1. The zero-order valence-corrected chi connectivity index (χ0v) is 21.5. The molecular formula is C28H45N5O. The van der Waals surface area contributed by atoms with Gasteiger partial charge in [0.2, 0.25) is 0 Å². The highest BCUT2D eigenvalue weighted by atomic mass is 16.5. The van der Waals surface area contributed by atoms with Gasteiger partial charge in [0.1, 0.15) is 0 Å². The van der Waals surface area contributed by atoms with Crippen LogP contribution in [0.5, 0.6) is 0 Å². The summed E-state index contributed by atoms with van der Waals surface area (Å²) in [5.74, 6) is 0. The molecule has 0 spiro atoms. The molecule has 0 radical (unpaired) electrons. The van der Waals surface area contributed by atoms with E-state index in [0.29, 0.717) is 6.04 Å². The molecule has 6 nitrogen and oxygen atoms in total. The van der Waals surface area contributed by atoms with Crippen molar-refractivity contribution in [3.8, 4) is 0 Å². The standard InChI is InChI=1S/C17H27N3O.C9H11N.C2H7N/c1-2-15-12-16-14(13-19-15)4-3-5-17(16)18-6-7-20-8-10-21-11-9-20;1-2-6-9-8(4-1)5-3-7-10-9;1-3-2/h3-5,15,18-19H,2,6-13H2,1H3;3,5,7H,1-2,4,6H2;3H,1-2H3. The molecule has 1 atom stereocenters. The van der Waals surface area contributed by atoms with E-state index < -0.39 is 0 Å². The second-order valence-electron chi connectivity index (χ2n) is 9.33. The van der Waals surface area contributed by atoms with Crippen molar-refractivity contribution in [3.63, 3.8) is 0 Å². The van der Waals surface area contributed by atoms with Crippen molar-refractivity contribution in [2.75, 3.05) is 58.8 Å². The summed E-state index contributed by atoms with van der Waals surface area (Å²) in [7, 11) is 3.75. The van der Waals surface area contributed by atoms with Crippen LogP contribution in [0.2, 0.25) is 0 Å². The summed E-state index contributed by atoms with van der Waals surface area (Å²) >= 11 is 0. The molecule has 188 valence electrons. The second-order valence-corrected chi connectivity index (χ2v) is 9.33. The number of rotatable bonds is 5. The van der Waals surface area contributed by atoms with Crippen LogP contribution in [-0.4, -0.2) is 69.4 Å². The lowest BCUT2D eigenvalue weighted by Crippen LogP contribution is -2.39. The van der Waals surface area contributed by atoms with Crippen molar-refractivity contribution < 1.29 is 4.74 Å². The third-order valence-electron chi connectivity index (χ3n) is 6.74. The number of hydrogen-bond acceptors (Lipinski definition) is 6. The number of pyridine rings is 1. The lowest BCUT2D eigenvalue weighted by molar-refractivity contribution is 0.0398. The minimum atomic E-state index is 0.625. The Morgan fingerprint density at radius 2 is 1.82 bits per heavy atom. The average molecular weight is 468 g/mol. The number of nitrogens with zero attached hydrogens (tertiary/aromatic N) is 2. The maximum Gasteiger partial charge on any atom is 0.0594 e. The number of aryl methyl sites for hydroxylation is 2. The van der Waals surface area contributed by atoms with Gasteiger partial charge in [0.05, 0.1) is 13.2 Å². The van der Waals surface area contributed by atoms with Crippen molar-refractivity contribution in [2.24, 2.45) is 0 Å². The Labute approximate surface area is 206 Å². The van der Waals surface area contributed by atoms with Crippen LogP contribution in [0.4, 0.5) is 5.69 Å². The van der Waals surface area contributed by atoms with E-state index in [9.17, 15) is 0 Å². The zero-order valence-electron chi connectivity index (χ0n) is 21.5. The van der Waals surface area contributed by atoms with Gasteiger partial charge in [0.15, 0.2) is 0 Å². The third kappa shape index (κ3) is 8.35. The monoisotopic (exact) mass is 467 g/mol. The number of fused-ring (bicyclic) bond motifs is 2. The lowest BCUT2D eigenvalue weighted by atomic mass is 9.93. The predicted octanol–water partition coefficient (Wildman–Crippen LogP) is 3.65. The van der Waals surface area contributed by atoms with Crippen LogP contribution in [0.1, 0.15) is 48.6 Å². The highest BCUT2D eigenvalue weighted by molar-refractivity contribution is 5.56. The zero-order chi connectivity index (χ0) is 24.0. The Morgan fingerprint density at radius 3 is 2.59 bits per heavy atom. The van der Waals surface area contributed by atoms with E-state index in [1.807, 2.05) is 26.4 Å². The van der Waals surface area contributed by atoms with Gasteiger partial charge in [0.25, 0.3) is 0 Å². The molecule has 6 heteroatoms. The summed E-state index contributed by atoms with van der Waals surface area (Å²) in [5, 5.41) is 10.0. The maximum absolute atomic E-state index is 5.39. The molecule has 1 aliphatic carbocycles. The highest BCUT2D eigenvalue weighted by Crippen LogP contribution is 2.25. The molecule has 1 aromatic heterocycles. The van der Waals surface area contributed by atoms with Crippen molar-refractivity contribution in [3.05, 3.63) is 58.9 Å². The van der Waals surface area contributed by atoms with Crippen molar-refractivity contribution in [2.45, 2.75) is 58.0 Å². The van der Waals surface area contributed by atoms with Crippen LogP contribution in [0, 0.1) is 0 Å². The molecule has 1 saturated heterocycles. The molecule has 0 bridgehead atoms. The van der Waals surface area contributed by atoms with Gasteiger partial charge in [-0.2, -0.15) is 0 Å². The Hall–Kier alpha value is -1.99. The molecule has 34 heavy (non-hydrogen) atoms. The predicted molar refractivity (Wildman–Crippen MR) is 143 cm³/mol. The van der Waals surface area contributed by atoms with Crippen molar-refractivity contribution >= 4 is 5.69 Å². The van der Waals surface area contributed by atoms with Crippen molar-refractivity contribution in [1.82, 2.24) is 20.5 Å². The van der Waals surface area contributed by atoms with Gasteiger partial charge in [-0.15, -0.1) is 0 Å². The van der Waals surface area contributed by atoms with E-state index in [1.54, 1.807) is 0 Å². The summed E-state index contributed by atoms with van der Waals surface area (Å²) in [6.07, 6.45) is 9.33. The van der Waals surface area contributed by atoms with Crippen LogP contribution >= 0.6 is 0 Å². The van der Waals surface area contributed by atoms with E-state index >= 15 is 0 Å². The number of hydrogen-bond donors (Lipinski definition) is 3. The summed E-state index contributed by atoms with van der Waals surface area (Å²) < 4.78 is 5.39. The molecule has 3 aliphatic rings. The topological polar surface area (TPSA) is 61.5 Å². The highest BCUT2D eigenvalue weighted by Gasteiger charge is 2.19.